The van der Waals surface area contributed by atoms with E-state index in [4.69, 9.17) is 11.6 Å². The zero-order valence-electron chi connectivity index (χ0n) is 8.95. The van der Waals surface area contributed by atoms with E-state index >= 15 is 0 Å². The lowest BCUT2D eigenvalue weighted by Crippen LogP contribution is -2.13. The zero-order valence-corrected chi connectivity index (χ0v) is 12.9. The fourth-order valence-electron chi connectivity index (χ4n) is 1.30. The molecule has 0 radical (unpaired) electrons. The van der Waals surface area contributed by atoms with Crippen LogP contribution in [0.1, 0.15) is 10.5 Å². The maximum Gasteiger partial charge on any atom is 0.274 e. The van der Waals surface area contributed by atoms with Gasteiger partial charge in [-0.1, -0.05) is 17.7 Å². The lowest BCUT2D eigenvalue weighted by atomic mass is 10.3. The average Bonchev–Trinajstić information content (AvgIpc) is 2.34. The van der Waals surface area contributed by atoms with Crippen molar-refractivity contribution >= 4 is 55.1 Å². The number of carbonyl (C=O) groups excluding carboxylic acids is 1. The highest BCUT2D eigenvalue weighted by Crippen LogP contribution is 2.25. The van der Waals surface area contributed by atoms with E-state index in [1.807, 2.05) is 0 Å². The predicted molar refractivity (Wildman–Crippen MR) is 79.0 cm³/mol. The maximum atomic E-state index is 11.9. The van der Waals surface area contributed by atoms with Crippen LogP contribution in [0.4, 0.5) is 5.69 Å². The van der Waals surface area contributed by atoms with Gasteiger partial charge in [0, 0.05) is 10.2 Å². The minimum atomic E-state index is -0.273. The van der Waals surface area contributed by atoms with E-state index in [2.05, 4.69) is 42.2 Å². The first-order valence-electron chi connectivity index (χ1n) is 4.95. The molecule has 2 aromatic rings. The molecular weight excluding hydrogens is 383 g/mol. The predicted octanol–water partition coefficient (Wildman–Crippen LogP) is 4.51. The zero-order chi connectivity index (χ0) is 13.1. The molecule has 1 N–H and O–H groups in total. The molecule has 1 amide bonds. The second-order valence-corrected chi connectivity index (χ2v) is 5.50. The number of aromatic nitrogens is 1. The van der Waals surface area contributed by atoms with Crippen molar-refractivity contribution in [2.45, 2.75) is 0 Å². The molecule has 0 aliphatic heterocycles. The van der Waals surface area contributed by atoms with Gasteiger partial charge in [-0.3, -0.25) is 4.79 Å². The van der Waals surface area contributed by atoms with Crippen LogP contribution in [0.2, 0.25) is 5.02 Å². The SMILES string of the molecule is O=C(Nc1ccc(Cl)c(Br)c1)c1cccc(Br)n1. The molecule has 92 valence electrons. The lowest BCUT2D eigenvalue weighted by molar-refractivity contribution is 0.102. The Labute approximate surface area is 126 Å². The third-order valence-corrected chi connectivity index (χ3v) is 3.78. The summed E-state index contributed by atoms with van der Waals surface area (Å²) in [6, 6.07) is 10.3. The summed E-state index contributed by atoms with van der Waals surface area (Å²) >= 11 is 12.4. The van der Waals surface area contributed by atoms with Crippen molar-refractivity contribution < 1.29 is 4.79 Å². The van der Waals surface area contributed by atoms with Gasteiger partial charge in [-0.15, -0.1) is 0 Å². The first-order valence-corrected chi connectivity index (χ1v) is 6.91. The van der Waals surface area contributed by atoms with Gasteiger partial charge in [0.15, 0.2) is 0 Å². The lowest BCUT2D eigenvalue weighted by Gasteiger charge is -2.06. The molecule has 0 aliphatic rings. The molecule has 2 rings (SSSR count). The summed E-state index contributed by atoms with van der Waals surface area (Å²) in [6.07, 6.45) is 0. The quantitative estimate of drug-likeness (QED) is 0.767. The van der Waals surface area contributed by atoms with Gasteiger partial charge >= 0.3 is 0 Å². The molecule has 6 heteroatoms. The van der Waals surface area contributed by atoms with Gasteiger partial charge in [0.2, 0.25) is 0 Å². The van der Waals surface area contributed by atoms with Crippen molar-refractivity contribution in [1.82, 2.24) is 4.98 Å². The number of halogens is 3. The van der Waals surface area contributed by atoms with E-state index < -0.39 is 0 Å². The molecule has 18 heavy (non-hydrogen) atoms. The highest BCUT2D eigenvalue weighted by atomic mass is 79.9. The van der Waals surface area contributed by atoms with Crippen LogP contribution in [-0.4, -0.2) is 10.9 Å². The minimum Gasteiger partial charge on any atom is -0.321 e. The van der Waals surface area contributed by atoms with E-state index in [1.165, 1.54) is 0 Å². The number of pyridine rings is 1. The monoisotopic (exact) mass is 388 g/mol. The van der Waals surface area contributed by atoms with Gasteiger partial charge in [-0.2, -0.15) is 0 Å². The Bertz CT molecular complexity index is 604. The number of benzene rings is 1. The number of nitrogens with one attached hydrogen (secondary N) is 1. The number of anilines is 1. The summed E-state index contributed by atoms with van der Waals surface area (Å²) in [7, 11) is 0. The first kappa shape index (κ1) is 13.5. The van der Waals surface area contributed by atoms with Gasteiger partial charge in [-0.25, -0.2) is 4.98 Å². The molecule has 0 spiro atoms. The van der Waals surface area contributed by atoms with E-state index in [9.17, 15) is 4.79 Å². The molecule has 0 unspecified atom stereocenters. The molecule has 0 saturated heterocycles. The summed E-state index contributed by atoms with van der Waals surface area (Å²) in [5.74, 6) is -0.273. The summed E-state index contributed by atoms with van der Waals surface area (Å²) < 4.78 is 1.34. The van der Waals surface area contributed by atoms with Crippen molar-refractivity contribution in [3.05, 3.63) is 56.2 Å². The fraction of sp³-hybridized carbons (Fsp3) is 0. The number of carbonyl (C=O) groups is 1. The summed E-state index contributed by atoms with van der Waals surface area (Å²) in [6.45, 7) is 0. The summed E-state index contributed by atoms with van der Waals surface area (Å²) in [4.78, 5) is 16.0. The van der Waals surface area contributed by atoms with Gasteiger partial charge < -0.3 is 5.32 Å². The molecule has 0 fully saturated rings. The number of amides is 1. The Morgan fingerprint density at radius 2 is 2.00 bits per heavy atom. The Balaban J connectivity index is 2.18. The van der Waals surface area contributed by atoms with Crippen LogP contribution in [0, 0.1) is 0 Å². The second kappa shape index (κ2) is 5.82. The fourth-order valence-corrected chi connectivity index (χ4v) is 2.14. The smallest absolute Gasteiger partial charge is 0.274 e. The van der Waals surface area contributed by atoms with Crippen molar-refractivity contribution in [3.63, 3.8) is 0 Å². The molecule has 1 aromatic carbocycles. The number of rotatable bonds is 2. The third kappa shape index (κ3) is 3.31. The second-order valence-electron chi connectivity index (χ2n) is 3.43. The van der Waals surface area contributed by atoms with E-state index in [-0.39, 0.29) is 5.91 Å². The van der Waals surface area contributed by atoms with Gasteiger partial charge in [-0.05, 0) is 62.2 Å². The summed E-state index contributed by atoms with van der Waals surface area (Å²) in [5.41, 5.74) is 0.994. The van der Waals surface area contributed by atoms with Crippen LogP contribution in [0.15, 0.2) is 45.5 Å². The normalized spacial score (nSPS) is 10.2. The summed E-state index contributed by atoms with van der Waals surface area (Å²) in [5, 5.41) is 3.33. The molecule has 3 nitrogen and oxygen atoms in total. The van der Waals surface area contributed by atoms with Crippen LogP contribution in [-0.2, 0) is 0 Å². The van der Waals surface area contributed by atoms with E-state index in [0.717, 1.165) is 4.47 Å². The topological polar surface area (TPSA) is 42.0 Å². The molecule has 0 atom stereocenters. The molecule has 1 heterocycles. The van der Waals surface area contributed by atoms with Crippen LogP contribution in [0.3, 0.4) is 0 Å². The van der Waals surface area contributed by atoms with Crippen molar-refractivity contribution in [3.8, 4) is 0 Å². The highest BCUT2D eigenvalue weighted by Gasteiger charge is 2.08. The third-order valence-electron chi connectivity index (χ3n) is 2.13. The van der Waals surface area contributed by atoms with Gasteiger partial charge in [0.25, 0.3) is 5.91 Å². The Morgan fingerprint density at radius 3 is 2.67 bits per heavy atom. The highest BCUT2D eigenvalue weighted by molar-refractivity contribution is 9.10. The molecule has 0 bridgehead atoms. The first-order chi connectivity index (χ1) is 8.56. The van der Waals surface area contributed by atoms with Gasteiger partial charge in [0.1, 0.15) is 10.3 Å². The Kier molecular flexibility index (Phi) is 4.37. The van der Waals surface area contributed by atoms with Crippen LogP contribution < -0.4 is 5.32 Å². The number of hydrogen-bond acceptors (Lipinski definition) is 2. The van der Waals surface area contributed by atoms with Crippen molar-refractivity contribution in [1.29, 1.82) is 0 Å². The van der Waals surface area contributed by atoms with Crippen molar-refractivity contribution in [2.75, 3.05) is 5.32 Å². The molecule has 0 aliphatic carbocycles. The number of nitrogens with zero attached hydrogens (tertiary/aromatic N) is 1. The van der Waals surface area contributed by atoms with Crippen LogP contribution >= 0.6 is 43.5 Å². The van der Waals surface area contributed by atoms with Gasteiger partial charge in [0.05, 0.1) is 5.02 Å². The van der Waals surface area contributed by atoms with Crippen LogP contribution in [0.5, 0.6) is 0 Å². The Morgan fingerprint density at radius 1 is 1.22 bits per heavy atom. The Hall–Kier alpha value is -0.910. The maximum absolute atomic E-state index is 11.9. The number of hydrogen-bond donors (Lipinski definition) is 1. The van der Waals surface area contributed by atoms with Crippen molar-refractivity contribution in [2.24, 2.45) is 0 Å². The van der Waals surface area contributed by atoms with E-state index in [1.54, 1.807) is 36.4 Å². The molecular formula is C12H7Br2ClN2O. The largest absolute Gasteiger partial charge is 0.321 e. The molecule has 0 saturated carbocycles. The molecule has 1 aromatic heterocycles. The average molecular weight is 390 g/mol. The standard InChI is InChI=1S/C12H7Br2ClN2O/c13-8-6-7(4-5-9(8)15)16-12(18)10-2-1-3-11(14)17-10/h1-6H,(H,16,18). The minimum absolute atomic E-state index is 0.273. The van der Waals surface area contributed by atoms with E-state index in [0.29, 0.717) is 21.0 Å². The van der Waals surface area contributed by atoms with Crippen LogP contribution in [0.25, 0.3) is 0 Å².